The minimum atomic E-state index is -0.602. The van der Waals surface area contributed by atoms with Crippen LogP contribution in [0.4, 0.5) is 5.69 Å². The molecule has 1 aromatic carbocycles. The molecule has 2 aromatic rings. The molecule has 2 heterocycles. The lowest BCUT2D eigenvalue weighted by Gasteiger charge is -2.15. The quantitative estimate of drug-likeness (QED) is 0.372. The number of pyridine rings is 1. The fourth-order valence-corrected chi connectivity index (χ4v) is 3.22. The number of thioether (sulfide) groups is 1. The molecule has 0 bridgehead atoms. The molecule has 26 heavy (non-hydrogen) atoms. The highest BCUT2D eigenvalue weighted by Gasteiger charge is 2.33. The maximum Gasteiger partial charge on any atom is 0.285 e. The Bertz CT molecular complexity index is 929. The van der Waals surface area contributed by atoms with Gasteiger partial charge in [-0.2, -0.15) is 5.01 Å². The van der Waals surface area contributed by atoms with Gasteiger partial charge in [0.15, 0.2) is 4.32 Å². The smallest absolute Gasteiger partial charge is 0.267 e. The zero-order valence-corrected chi connectivity index (χ0v) is 14.6. The first-order chi connectivity index (χ1) is 12.5. The molecule has 0 unspecified atom stereocenters. The van der Waals surface area contributed by atoms with Gasteiger partial charge in [-0.15, -0.1) is 0 Å². The van der Waals surface area contributed by atoms with Gasteiger partial charge in [0.05, 0.1) is 15.5 Å². The summed E-state index contributed by atoms with van der Waals surface area (Å²) in [5, 5.41) is 11.6. The van der Waals surface area contributed by atoms with Crippen molar-refractivity contribution in [2.75, 3.05) is 0 Å². The molecule has 1 N–H and O–H groups in total. The molecule has 0 spiro atoms. The van der Waals surface area contributed by atoms with Gasteiger partial charge in [0, 0.05) is 23.9 Å². The molecule has 130 valence electrons. The molecule has 3 rings (SSSR count). The number of benzene rings is 1. The Kier molecular flexibility index (Phi) is 5.05. The summed E-state index contributed by atoms with van der Waals surface area (Å²) < 4.78 is 0.174. The van der Waals surface area contributed by atoms with Crippen LogP contribution < -0.4 is 5.43 Å². The molecule has 0 saturated carbocycles. The third-order valence-electron chi connectivity index (χ3n) is 3.31. The summed E-state index contributed by atoms with van der Waals surface area (Å²) in [7, 11) is 0. The van der Waals surface area contributed by atoms with E-state index in [2.05, 4.69) is 10.4 Å². The van der Waals surface area contributed by atoms with Crippen molar-refractivity contribution in [3.63, 3.8) is 0 Å². The molecule has 10 heteroatoms. The molecule has 1 fully saturated rings. The predicted molar refractivity (Wildman–Crippen MR) is 99.8 cm³/mol. The van der Waals surface area contributed by atoms with Crippen molar-refractivity contribution in [2.24, 2.45) is 0 Å². The summed E-state index contributed by atoms with van der Waals surface area (Å²) in [6.45, 7) is 0. The summed E-state index contributed by atoms with van der Waals surface area (Å²) in [5.74, 6) is -1.07. The van der Waals surface area contributed by atoms with E-state index in [-0.39, 0.29) is 15.6 Å². The van der Waals surface area contributed by atoms with Gasteiger partial charge in [0.25, 0.3) is 17.5 Å². The number of non-ortho nitro benzene ring substituents is 1. The summed E-state index contributed by atoms with van der Waals surface area (Å²) in [6.07, 6.45) is 3.18. The number of carbonyl (C=O) groups excluding carboxylic acids is 2. The maximum atomic E-state index is 12.4. The number of hydrazine groups is 1. The van der Waals surface area contributed by atoms with Gasteiger partial charge in [-0.3, -0.25) is 30.1 Å². The maximum absolute atomic E-state index is 12.4. The lowest BCUT2D eigenvalue weighted by Crippen LogP contribution is -2.44. The molecule has 8 nitrogen and oxygen atoms in total. The number of amides is 2. The third-order valence-corrected chi connectivity index (χ3v) is 4.62. The molecule has 0 radical (unpaired) electrons. The van der Waals surface area contributed by atoms with Crippen LogP contribution in [-0.4, -0.2) is 31.1 Å². The van der Waals surface area contributed by atoms with Crippen molar-refractivity contribution in [2.45, 2.75) is 0 Å². The first kappa shape index (κ1) is 17.7. The van der Waals surface area contributed by atoms with Crippen LogP contribution in [0.3, 0.4) is 0 Å². The van der Waals surface area contributed by atoms with E-state index in [0.29, 0.717) is 10.6 Å². The topological polar surface area (TPSA) is 105 Å². The van der Waals surface area contributed by atoms with Crippen LogP contribution in [0.1, 0.15) is 16.1 Å². The molecule has 1 aliphatic rings. The minimum Gasteiger partial charge on any atom is -0.267 e. The predicted octanol–water partition coefficient (Wildman–Crippen LogP) is 2.54. The lowest BCUT2D eigenvalue weighted by atomic mass is 10.2. The molecular weight excluding hydrogens is 376 g/mol. The Morgan fingerprint density at radius 2 is 2.00 bits per heavy atom. The van der Waals surface area contributed by atoms with Gasteiger partial charge in [-0.1, -0.05) is 17.8 Å². The molecular formula is C16H10N4O4S2. The van der Waals surface area contributed by atoms with E-state index in [0.717, 1.165) is 16.8 Å². The number of thiocarbonyl (C=S) groups is 1. The first-order valence-corrected chi connectivity index (χ1v) is 8.42. The highest BCUT2D eigenvalue weighted by atomic mass is 32.2. The van der Waals surface area contributed by atoms with Gasteiger partial charge in [0.1, 0.15) is 0 Å². The average molecular weight is 386 g/mol. The fourth-order valence-electron chi connectivity index (χ4n) is 2.06. The van der Waals surface area contributed by atoms with Crippen LogP contribution in [0.25, 0.3) is 6.08 Å². The van der Waals surface area contributed by atoms with E-state index in [4.69, 9.17) is 12.2 Å². The van der Waals surface area contributed by atoms with Gasteiger partial charge in [-0.25, -0.2) is 0 Å². The number of hydrogen-bond donors (Lipinski definition) is 1. The van der Waals surface area contributed by atoms with Crippen LogP contribution in [0.2, 0.25) is 0 Å². The molecule has 0 atom stereocenters. The van der Waals surface area contributed by atoms with Gasteiger partial charge < -0.3 is 0 Å². The zero-order valence-electron chi connectivity index (χ0n) is 13.0. The number of nitrogens with one attached hydrogen (secondary N) is 1. The van der Waals surface area contributed by atoms with Crippen LogP contribution >= 0.6 is 24.0 Å². The summed E-state index contributed by atoms with van der Waals surface area (Å²) in [5.41, 5.74) is 3.03. The summed E-state index contributed by atoms with van der Waals surface area (Å²) in [6, 6.07) is 10.3. The van der Waals surface area contributed by atoms with E-state index < -0.39 is 16.7 Å². The SMILES string of the molecule is O=C(NN1C(=O)/C(=C/c2ccccn2)SC1=S)c1ccc([N+](=O)[O-])cc1. The number of aromatic nitrogens is 1. The Morgan fingerprint density at radius 3 is 2.62 bits per heavy atom. The van der Waals surface area contributed by atoms with Crippen molar-refractivity contribution in [1.82, 2.24) is 15.4 Å². The number of nitro groups is 1. The van der Waals surface area contributed by atoms with Crippen LogP contribution in [0.5, 0.6) is 0 Å². The highest BCUT2D eigenvalue weighted by molar-refractivity contribution is 8.26. The number of hydrogen-bond acceptors (Lipinski definition) is 7. The van der Waals surface area contributed by atoms with Crippen molar-refractivity contribution in [3.8, 4) is 0 Å². The van der Waals surface area contributed by atoms with E-state index in [1.807, 2.05) is 0 Å². The van der Waals surface area contributed by atoms with Crippen molar-refractivity contribution in [1.29, 1.82) is 0 Å². The average Bonchev–Trinajstić information content (AvgIpc) is 2.90. The third kappa shape index (κ3) is 3.76. The number of rotatable bonds is 4. The molecule has 1 aliphatic heterocycles. The fraction of sp³-hybridized carbons (Fsp3) is 0. The Labute approximate surface area is 157 Å². The van der Waals surface area contributed by atoms with Gasteiger partial charge >= 0.3 is 0 Å². The molecule has 2 amide bonds. The van der Waals surface area contributed by atoms with Crippen molar-refractivity contribution in [3.05, 3.63) is 74.9 Å². The number of nitrogens with zero attached hydrogens (tertiary/aromatic N) is 3. The molecule has 1 saturated heterocycles. The van der Waals surface area contributed by atoms with E-state index in [9.17, 15) is 19.7 Å². The van der Waals surface area contributed by atoms with E-state index >= 15 is 0 Å². The van der Waals surface area contributed by atoms with Crippen LogP contribution in [0, 0.1) is 10.1 Å². The molecule has 1 aromatic heterocycles. The summed E-state index contributed by atoms with van der Waals surface area (Å²) >= 11 is 6.18. The first-order valence-electron chi connectivity index (χ1n) is 7.20. The van der Waals surface area contributed by atoms with Gasteiger partial charge in [0.2, 0.25) is 0 Å². The Hall–Kier alpha value is -3.11. The monoisotopic (exact) mass is 386 g/mol. The second kappa shape index (κ2) is 7.42. The normalized spacial score (nSPS) is 15.4. The van der Waals surface area contributed by atoms with Crippen LogP contribution in [-0.2, 0) is 4.79 Å². The second-order valence-corrected chi connectivity index (χ2v) is 6.69. The Balaban J connectivity index is 1.74. The largest absolute Gasteiger partial charge is 0.285 e. The highest BCUT2D eigenvalue weighted by Crippen LogP contribution is 2.31. The van der Waals surface area contributed by atoms with Gasteiger partial charge in [-0.05, 0) is 42.6 Å². The molecule has 0 aliphatic carbocycles. The van der Waals surface area contributed by atoms with E-state index in [1.54, 1.807) is 30.5 Å². The van der Waals surface area contributed by atoms with Crippen LogP contribution in [0.15, 0.2) is 53.6 Å². The van der Waals surface area contributed by atoms with Crippen molar-refractivity contribution < 1.29 is 14.5 Å². The number of carbonyl (C=O) groups is 2. The number of nitro benzene ring substituents is 1. The van der Waals surface area contributed by atoms with E-state index in [1.165, 1.54) is 24.3 Å². The standard InChI is InChI=1S/C16H10N4O4S2/c21-14(10-4-6-12(7-5-10)20(23)24)18-19-15(22)13(26-16(19)25)9-11-3-1-2-8-17-11/h1-9H,(H,18,21)/b13-9-. The minimum absolute atomic E-state index is 0.134. The summed E-state index contributed by atoms with van der Waals surface area (Å²) in [4.78, 5) is 39.2. The lowest BCUT2D eigenvalue weighted by molar-refractivity contribution is -0.384. The second-order valence-electron chi connectivity index (χ2n) is 5.02. The Morgan fingerprint density at radius 1 is 1.27 bits per heavy atom. The van der Waals surface area contributed by atoms with Crippen molar-refractivity contribution >= 4 is 51.9 Å². The zero-order chi connectivity index (χ0) is 18.7.